The third-order valence-electron chi connectivity index (χ3n) is 5.03. The molecule has 5 heteroatoms. The lowest BCUT2D eigenvalue weighted by Crippen LogP contribution is -2.53. The first-order chi connectivity index (χ1) is 9.99. The number of likely N-dealkylation sites (tertiary alicyclic amines) is 1. The van der Waals surface area contributed by atoms with Crippen molar-refractivity contribution in [1.82, 2.24) is 4.90 Å². The minimum Gasteiger partial charge on any atom is -0.390 e. The monoisotopic (exact) mass is 359 g/mol. The molecule has 1 saturated carbocycles. The van der Waals surface area contributed by atoms with Crippen molar-refractivity contribution < 1.29 is 13.9 Å². The van der Waals surface area contributed by atoms with Gasteiger partial charge in [0.2, 0.25) is 0 Å². The predicted molar refractivity (Wildman–Crippen MR) is 80.9 cm³/mol. The standard InChI is InChI=1S/C16H20BrF2NO/c17-13-4-5-14(18)12(15(13)19)10-20-8-7-16(21)6-2-1-3-11(16)9-20/h4-5,11,21H,1-3,6-10H2. The van der Waals surface area contributed by atoms with Crippen LogP contribution in [0.15, 0.2) is 16.6 Å². The van der Waals surface area contributed by atoms with E-state index in [0.29, 0.717) is 17.4 Å². The van der Waals surface area contributed by atoms with Crippen molar-refractivity contribution in [3.63, 3.8) is 0 Å². The molecule has 116 valence electrons. The Kier molecular flexibility index (Phi) is 4.35. The highest BCUT2D eigenvalue weighted by Gasteiger charge is 2.42. The summed E-state index contributed by atoms with van der Waals surface area (Å²) in [5.41, 5.74) is -0.436. The first-order valence-electron chi connectivity index (χ1n) is 7.57. The van der Waals surface area contributed by atoms with Crippen LogP contribution in [0.25, 0.3) is 0 Å². The third-order valence-corrected chi connectivity index (χ3v) is 5.64. The maximum Gasteiger partial charge on any atom is 0.144 e. The second kappa shape index (κ2) is 5.94. The molecule has 2 nitrogen and oxygen atoms in total. The van der Waals surface area contributed by atoms with Gasteiger partial charge >= 0.3 is 0 Å². The van der Waals surface area contributed by atoms with Crippen LogP contribution in [0.4, 0.5) is 8.78 Å². The highest BCUT2D eigenvalue weighted by molar-refractivity contribution is 9.10. The number of nitrogens with zero attached hydrogens (tertiary/aromatic N) is 1. The molecule has 2 atom stereocenters. The summed E-state index contributed by atoms with van der Waals surface area (Å²) < 4.78 is 28.2. The van der Waals surface area contributed by atoms with Gasteiger partial charge in [-0.3, -0.25) is 4.90 Å². The molecule has 1 aromatic rings. The van der Waals surface area contributed by atoms with Crippen molar-refractivity contribution in [1.29, 1.82) is 0 Å². The van der Waals surface area contributed by atoms with Gasteiger partial charge in [0.15, 0.2) is 0 Å². The van der Waals surface area contributed by atoms with Crippen LogP contribution in [0.1, 0.15) is 37.7 Å². The number of hydrogen-bond acceptors (Lipinski definition) is 2. The highest BCUT2D eigenvalue weighted by Crippen LogP contribution is 2.40. The van der Waals surface area contributed by atoms with Gasteiger partial charge in [0.25, 0.3) is 0 Å². The quantitative estimate of drug-likeness (QED) is 0.810. The van der Waals surface area contributed by atoms with Gasteiger partial charge in [0, 0.05) is 31.1 Å². The molecular weight excluding hydrogens is 340 g/mol. The largest absolute Gasteiger partial charge is 0.390 e. The molecule has 2 unspecified atom stereocenters. The van der Waals surface area contributed by atoms with E-state index in [-0.39, 0.29) is 18.0 Å². The van der Waals surface area contributed by atoms with Gasteiger partial charge in [0.05, 0.1) is 10.1 Å². The van der Waals surface area contributed by atoms with E-state index in [4.69, 9.17) is 0 Å². The van der Waals surface area contributed by atoms with Crippen molar-refractivity contribution in [2.75, 3.05) is 13.1 Å². The second-order valence-electron chi connectivity index (χ2n) is 6.35. The Balaban J connectivity index is 1.74. The van der Waals surface area contributed by atoms with Gasteiger partial charge in [-0.05, 0) is 47.3 Å². The smallest absolute Gasteiger partial charge is 0.144 e. The van der Waals surface area contributed by atoms with E-state index in [1.54, 1.807) is 0 Å². The average Bonchev–Trinajstić information content (AvgIpc) is 2.47. The summed E-state index contributed by atoms with van der Waals surface area (Å²) in [5.74, 6) is -0.780. The number of aliphatic hydroxyl groups is 1. The molecule has 1 N–H and O–H groups in total. The lowest BCUT2D eigenvalue weighted by atomic mass is 9.71. The fourth-order valence-corrected chi connectivity index (χ4v) is 4.09. The zero-order valence-corrected chi connectivity index (χ0v) is 13.5. The van der Waals surface area contributed by atoms with Crippen LogP contribution in [0.3, 0.4) is 0 Å². The van der Waals surface area contributed by atoms with Gasteiger partial charge < -0.3 is 5.11 Å². The Morgan fingerprint density at radius 2 is 2.10 bits per heavy atom. The molecular formula is C16H20BrF2NO. The minimum absolute atomic E-state index is 0.116. The fraction of sp³-hybridized carbons (Fsp3) is 0.625. The lowest BCUT2D eigenvalue weighted by Gasteiger charge is -2.47. The first kappa shape index (κ1) is 15.4. The SMILES string of the molecule is OC12CCCCC1CN(Cc1c(F)ccc(Br)c1F)CC2. The molecule has 1 aliphatic heterocycles. The molecule has 1 heterocycles. The molecule has 0 aromatic heterocycles. The van der Waals surface area contributed by atoms with Crippen molar-refractivity contribution in [3.8, 4) is 0 Å². The fourth-order valence-electron chi connectivity index (χ4n) is 3.72. The van der Waals surface area contributed by atoms with E-state index in [1.807, 2.05) is 0 Å². The van der Waals surface area contributed by atoms with Crippen LogP contribution in [-0.4, -0.2) is 28.7 Å². The molecule has 3 rings (SSSR count). The summed E-state index contributed by atoms with van der Waals surface area (Å²) in [6, 6.07) is 2.69. The zero-order valence-electron chi connectivity index (χ0n) is 11.9. The van der Waals surface area contributed by atoms with Gasteiger partial charge in [-0.1, -0.05) is 12.8 Å². The Morgan fingerprint density at radius 3 is 2.90 bits per heavy atom. The van der Waals surface area contributed by atoms with E-state index < -0.39 is 17.2 Å². The normalized spacial score (nSPS) is 30.2. The summed E-state index contributed by atoms with van der Waals surface area (Å²) in [6.07, 6.45) is 4.80. The molecule has 2 aliphatic rings. The lowest BCUT2D eigenvalue weighted by molar-refractivity contribution is -0.0970. The molecule has 0 spiro atoms. The minimum atomic E-state index is -0.552. The molecule has 1 aliphatic carbocycles. The molecule has 0 radical (unpaired) electrons. The summed E-state index contributed by atoms with van der Waals surface area (Å²) in [5, 5.41) is 10.6. The van der Waals surface area contributed by atoms with Crippen LogP contribution in [0.2, 0.25) is 0 Å². The molecule has 0 amide bonds. The van der Waals surface area contributed by atoms with Crippen molar-refractivity contribution in [2.45, 2.75) is 44.2 Å². The number of rotatable bonds is 2. The van der Waals surface area contributed by atoms with Gasteiger partial charge in [0.1, 0.15) is 11.6 Å². The average molecular weight is 360 g/mol. The first-order valence-corrected chi connectivity index (χ1v) is 8.36. The number of benzene rings is 1. The van der Waals surface area contributed by atoms with E-state index in [2.05, 4.69) is 20.8 Å². The Bertz CT molecular complexity index is 539. The number of fused-ring (bicyclic) bond motifs is 1. The van der Waals surface area contributed by atoms with Crippen molar-refractivity contribution in [3.05, 3.63) is 33.8 Å². The summed E-state index contributed by atoms with van der Waals surface area (Å²) in [6.45, 7) is 1.68. The van der Waals surface area contributed by atoms with Gasteiger partial charge in [-0.2, -0.15) is 0 Å². The Hall–Kier alpha value is -0.520. The van der Waals surface area contributed by atoms with Crippen LogP contribution < -0.4 is 0 Å². The summed E-state index contributed by atoms with van der Waals surface area (Å²) >= 11 is 3.11. The maximum atomic E-state index is 14.1. The topological polar surface area (TPSA) is 23.5 Å². The van der Waals surface area contributed by atoms with Crippen molar-refractivity contribution >= 4 is 15.9 Å². The highest BCUT2D eigenvalue weighted by atomic mass is 79.9. The van der Waals surface area contributed by atoms with E-state index in [1.165, 1.54) is 12.1 Å². The van der Waals surface area contributed by atoms with Crippen LogP contribution in [0.5, 0.6) is 0 Å². The molecule has 1 aromatic carbocycles. The summed E-state index contributed by atoms with van der Waals surface area (Å²) in [7, 11) is 0. The van der Waals surface area contributed by atoms with E-state index in [9.17, 15) is 13.9 Å². The van der Waals surface area contributed by atoms with Crippen LogP contribution >= 0.6 is 15.9 Å². The summed E-state index contributed by atoms with van der Waals surface area (Å²) in [4.78, 5) is 2.07. The third kappa shape index (κ3) is 3.01. The number of halogens is 3. The van der Waals surface area contributed by atoms with Gasteiger partial charge in [-0.15, -0.1) is 0 Å². The number of piperidine rings is 1. The molecule has 0 bridgehead atoms. The second-order valence-corrected chi connectivity index (χ2v) is 7.21. The van der Waals surface area contributed by atoms with Crippen LogP contribution in [0, 0.1) is 17.6 Å². The Labute approximate surface area is 132 Å². The van der Waals surface area contributed by atoms with Crippen molar-refractivity contribution in [2.24, 2.45) is 5.92 Å². The Morgan fingerprint density at radius 1 is 1.29 bits per heavy atom. The molecule has 2 fully saturated rings. The maximum absolute atomic E-state index is 14.1. The molecule has 21 heavy (non-hydrogen) atoms. The van der Waals surface area contributed by atoms with E-state index >= 15 is 0 Å². The molecule has 1 saturated heterocycles. The number of hydrogen-bond donors (Lipinski definition) is 1. The van der Waals surface area contributed by atoms with E-state index in [0.717, 1.165) is 32.2 Å². The zero-order chi connectivity index (χ0) is 15.0. The van der Waals surface area contributed by atoms with Crippen LogP contribution in [-0.2, 0) is 6.54 Å². The predicted octanol–water partition coefficient (Wildman–Crippen LogP) is 3.85. The van der Waals surface area contributed by atoms with Gasteiger partial charge in [-0.25, -0.2) is 8.78 Å².